The predicted octanol–water partition coefficient (Wildman–Crippen LogP) is 17.9. The van der Waals surface area contributed by atoms with Gasteiger partial charge in [0.1, 0.15) is 0 Å². The summed E-state index contributed by atoms with van der Waals surface area (Å²) in [7, 11) is 0. The van der Waals surface area contributed by atoms with E-state index in [1.165, 1.54) is 9.13 Å². The van der Waals surface area contributed by atoms with Crippen LogP contribution in [0.3, 0.4) is 0 Å². The van der Waals surface area contributed by atoms with E-state index in [9.17, 15) is 9.59 Å². The van der Waals surface area contributed by atoms with Crippen LogP contribution in [0.2, 0.25) is 0 Å². The molecule has 5 heterocycles. The van der Waals surface area contributed by atoms with Gasteiger partial charge in [-0.2, -0.15) is 0 Å². The van der Waals surface area contributed by atoms with E-state index < -0.39 is 22.4 Å². The van der Waals surface area contributed by atoms with Crippen LogP contribution in [-0.4, -0.2) is 32.0 Å². The van der Waals surface area contributed by atoms with Crippen molar-refractivity contribution >= 4 is 87.2 Å². The fourth-order valence-electron chi connectivity index (χ4n) is 15.6. The van der Waals surface area contributed by atoms with Gasteiger partial charge < -0.3 is 13.7 Å². The summed E-state index contributed by atoms with van der Waals surface area (Å²) < 4.78 is 12.7. The molecule has 0 amide bonds. The van der Waals surface area contributed by atoms with Crippen LogP contribution in [0.4, 0.5) is 0 Å². The van der Waals surface area contributed by atoms with Crippen LogP contribution < -0.4 is 22.5 Å². The Morgan fingerprint density at radius 2 is 0.542 bits per heavy atom. The lowest BCUT2D eigenvalue weighted by Crippen LogP contribution is -2.38. The molecule has 0 N–H and O–H groups in total. The second kappa shape index (κ2) is 20.6. The summed E-state index contributed by atoms with van der Waals surface area (Å²) in [6, 6.07) is 99.4. The molecule has 0 spiro atoms. The van der Waals surface area contributed by atoms with Crippen LogP contribution in [0, 0.1) is 0 Å². The zero-order valence-electron chi connectivity index (χ0n) is 52.1. The first kappa shape index (κ1) is 54.8. The Balaban J connectivity index is 0.728. The van der Waals surface area contributed by atoms with Crippen molar-refractivity contribution < 1.29 is 0 Å². The molecule has 1 aliphatic carbocycles. The number of fused-ring (bicyclic) bond motifs is 14. The summed E-state index contributed by atoms with van der Waals surface area (Å²) in [6.07, 6.45) is 0. The van der Waals surface area contributed by atoms with Crippen molar-refractivity contribution in [2.45, 2.75) is 19.3 Å². The van der Waals surface area contributed by atoms with Crippen molar-refractivity contribution in [2.75, 3.05) is 0 Å². The van der Waals surface area contributed by atoms with Gasteiger partial charge in [0, 0.05) is 54.8 Å². The number of aromatic nitrogens is 7. The van der Waals surface area contributed by atoms with Gasteiger partial charge in [0.15, 0.2) is 0 Å². The zero-order valence-corrected chi connectivity index (χ0v) is 52.1. The van der Waals surface area contributed by atoms with Crippen LogP contribution >= 0.6 is 0 Å². The SMILES string of the molecule is CC1(C)c2ccc(-c3ccc4c5ccc(-n6c(=O)n(-c7ccc8c9ccccc9n(-c9ccccc9)c8c7)c(=O)c7ccccc76)cc5n(-c5ccccc5)c4c3)cc2-c2ccc(-n3c(=O)c4ccccc4n(-c4ccc5c6ccccc6n(-c6ccccc6)c5c4)c3=O)cc21. The molecule has 5 aromatic heterocycles. The van der Waals surface area contributed by atoms with E-state index in [0.29, 0.717) is 44.6 Å². The molecular formula is C85H55N7O4. The van der Waals surface area contributed by atoms with Crippen molar-refractivity contribution in [3.63, 3.8) is 0 Å². The Bertz CT molecular complexity index is 6640. The van der Waals surface area contributed by atoms with E-state index in [1.807, 2.05) is 158 Å². The minimum Gasteiger partial charge on any atom is -0.309 e. The molecule has 1 aliphatic rings. The summed E-state index contributed by atoms with van der Waals surface area (Å²) in [5.41, 5.74) is 16.0. The Hall–Kier alpha value is -12.9. The molecule has 0 saturated heterocycles. The largest absolute Gasteiger partial charge is 0.340 e. The average Bonchev–Trinajstić information content (AvgIpc) is 1.56. The summed E-state index contributed by atoms with van der Waals surface area (Å²) in [4.78, 5) is 60.7. The fraction of sp³-hybridized carbons (Fsp3) is 0.0353. The van der Waals surface area contributed by atoms with Crippen molar-refractivity contribution in [2.24, 2.45) is 0 Å². The molecule has 18 aromatic rings. The number of para-hydroxylation sites is 7. The monoisotopic (exact) mass is 1240 g/mol. The highest BCUT2D eigenvalue weighted by molar-refractivity contribution is 6.13. The first-order valence-corrected chi connectivity index (χ1v) is 32.2. The summed E-state index contributed by atoms with van der Waals surface area (Å²) in [5.74, 6) is 0. The van der Waals surface area contributed by atoms with E-state index in [-0.39, 0.29) is 5.56 Å². The second-order valence-electron chi connectivity index (χ2n) is 25.6. The molecule has 0 atom stereocenters. The molecule has 454 valence electrons. The normalized spacial score (nSPS) is 12.7. The van der Waals surface area contributed by atoms with Crippen molar-refractivity contribution in [3.05, 3.63) is 350 Å². The molecule has 11 heteroatoms. The minimum atomic E-state index is -0.492. The smallest absolute Gasteiger partial charge is 0.309 e. The molecule has 11 nitrogen and oxygen atoms in total. The first-order chi connectivity index (χ1) is 47.1. The Morgan fingerprint density at radius 3 is 1.00 bits per heavy atom. The number of benzene rings is 13. The fourth-order valence-corrected chi connectivity index (χ4v) is 15.6. The van der Waals surface area contributed by atoms with Crippen molar-refractivity contribution in [3.8, 4) is 62.1 Å². The number of hydrogen-bond acceptors (Lipinski definition) is 4. The average molecular weight is 1240 g/mol. The van der Waals surface area contributed by atoms with Crippen LogP contribution in [-0.2, 0) is 5.41 Å². The zero-order chi connectivity index (χ0) is 64.2. The summed E-state index contributed by atoms with van der Waals surface area (Å²) in [5, 5.41) is 7.12. The van der Waals surface area contributed by atoms with Gasteiger partial charge in [0.2, 0.25) is 0 Å². The van der Waals surface area contributed by atoms with Gasteiger partial charge >= 0.3 is 11.4 Å². The molecule has 0 aliphatic heterocycles. The third-order valence-corrected chi connectivity index (χ3v) is 20.1. The maximum Gasteiger partial charge on any atom is 0.340 e. The van der Waals surface area contributed by atoms with E-state index in [4.69, 9.17) is 0 Å². The van der Waals surface area contributed by atoms with Crippen LogP contribution in [0.5, 0.6) is 0 Å². The quantitative estimate of drug-likeness (QED) is 0.151. The Morgan fingerprint density at radius 1 is 0.219 bits per heavy atom. The Kier molecular flexibility index (Phi) is 11.8. The predicted molar refractivity (Wildman–Crippen MR) is 390 cm³/mol. The molecular weight excluding hydrogens is 1180 g/mol. The van der Waals surface area contributed by atoms with Crippen LogP contribution in [0.1, 0.15) is 25.0 Å². The lowest BCUT2D eigenvalue weighted by molar-refractivity contribution is 0.659. The first-order valence-electron chi connectivity index (χ1n) is 32.2. The topological polar surface area (TPSA) is 103 Å². The molecule has 13 aromatic carbocycles. The summed E-state index contributed by atoms with van der Waals surface area (Å²) >= 11 is 0. The number of nitrogens with zero attached hydrogens (tertiary/aromatic N) is 7. The van der Waals surface area contributed by atoms with Crippen LogP contribution in [0.25, 0.3) is 149 Å². The molecule has 0 saturated carbocycles. The van der Waals surface area contributed by atoms with Gasteiger partial charge in [0.05, 0.1) is 77.7 Å². The molecule has 0 radical (unpaired) electrons. The lowest BCUT2D eigenvalue weighted by Gasteiger charge is -2.22. The minimum absolute atomic E-state index is 0.385. The van der Waals surface area contributed by atoms with E-state index in [2.05, 4.69) is 155 Å². The van der Waals surface area contributed by atoms with Crippen LogP contribution in [0.15, 0.2) is 316 Å². The third kappa shape index (κ3) is 7.88. The number of rotatable bonds is 8. The van der Waals surface area contributed by atoms with Crippen molar-refractivity contribution in [1.29, 1.82) is 0 Å². The van der Waals surface area contributed by atoms with E-state index >= 15 is 9.59 Å². The standard InChI is InChI=1S/C85H55N7O4/c1-85(2)71-45-35-52(46-70(71)61-41-36-57(48-72(61)85)91-81(93)68-28-14-18-32-75(68)89(83(91)95)58-37-42-65-62-26-12-16-30-73(62)86(78(65)49-58)54-20-6-3-7-21-54)53-34-40-64-67-43-38-59(50-80(67)88(77(64)47-53)56-24-10-5-11-25-56)90-76-33-19-15-29-69(76)82(94)92(84(90)96)60-39-44-66-63-27-13-17-31-74(63)87(79(66)51-60)55-22-8-4-9-23-55/h3-51H,1-2H3. The van der Waals surface area contributed by atoms with Gasteiger partial charge in [-0.15, -0.1) is 0 Å². The molecule has 96 heavy (non-hydrogen) atoms. The highest BCUT2D eigenvalue weighted by atomic mass is 16.2. The van der Waals surface area contributed by atoms with Gasteiger partial charge in [-0.25, -0.2) is 18.7 Å². The van der Waals surface area contributed by atoms with Gasteiger partial charge in [-0.05, 0) is 167 Å². The second-order valence-corrected chi connectivity index (χ2v) is 25.6. The highest BCUT2D eigenvalue weighted by Gasteiger charge is 2.36. The summed E-state index contributed by atoms with van der Waals surface area (Å²) in [6.45, 7) is 4.42. The van der Waals surface area contributed by atoms with Crippen molar-refractivity contribution in [1.82, 2.24) is 32.0 Å². The molecule has 19 rings (SSSR count). The van der Waals surface area contributed by atoms with Gasteiger partial charge in [0.25, 0.3) is 11.1 Å². The molecule has 0 unspecified atom stereocenters. The molecule has 0 bridgehead atoms. The molecule has 0 fully saturated rings. The maximum absolute atomic E-state index is 15.5. The third-order valence-electron chi connectivity index (χ3n) is 20.1. The maximum atomic E-state index is 15.5. The van der Waals surface area contributed by atoms with E-state index in [1.54, 1.807) is 21.3 Å². The number of hydrogen-bond donors (Lipinski definition) is 0. The van der Waals surface area contributed by atoms with Gasteiger partial charge in [-0.3, -0.25) is 18.7 Å². The van der Waals surface area contributed by atoms with Gasteiger partial charge in [-0.1, -0.05) is 178 Å². The highest BCUT2D eigenvalue weighted by Crippen LogP contribution is 2.51. The van der Waals surface area contributed by atoms with E-state index in [0.717, 1.165) is 116 Å². The lowest BCUT2D eigenvalue weighted by atomic mass is 9.82. The Labute approximate surface area is 547 Å².